The van der Waals surface area contributed by atoms with Gasteiger partial charge in [-0.1, -0.05) is 27.2 Å². The summed E-state index contributed by atoms with van der Waals surface area (Å²) in [6.45, 7) is 6.04. The molecule has 0 bridgehead atoms. The van der Waals surface area contributed by atoms with E-state index >= 15 is 0 Å². The molecule has 1 N–H and O–H groups in total. The third kappa shape index (κ3) is 5.19. The van der Waals surface area contributed by atoms with Crippen LogP contribution in [0.15, 0.2) is 0 Å². The molecule has 0 aromatic carbocycles. The lowest BCUT2D eigenvalue weighted by molar-refractivity contribution is -0.141. The molecule has 0 aliphatic rings. The van der Waals surface area contributed by atoms with E-state index in [1.165, 1.54) is 0 Å². The molecule has 0 saturated heterocycles. The van der Waals surface area contributed by atoms with Gasteiger partial charge in [0.2, 0.25) is 0 Å². The highest BCUT2D eigenvalue weighted by atomic mass is 32.1. The van der Waals surface area contributed by atoms with Crippen molar-refractivity contribution in [1.29, 1.82) is 0 Å². The van der Waals surface area contributed by atoms with Gasteiger partial charge in [0.15, 0.2) is 0 Å². The summed E-state index contributed by atoms with van der Waals surface area (Å²) in [7, 11) is 0. The van der Waals surface area contributed by atoms with E-state index in [1.807, 2.05) is 0 Å². The Morgan fingerprint density at radius 1 is 1.38 bits per heavy atom. The van der Waals surface area contributed by atoms with Crippen molar-refractivity contribution in [3.8, 4) is 0 Å². The summed E-state index contributed by atoms with van der Waals surface area (Å²) in [4.78, 5) is 10.5. The van der Waals surface area contributed by atoms with Crippen molar-refractivity contribution in [3.05, 3.63) is 0 Å². The molecule has 3 unspecified atom stereocenters. The van der Waals surface area contributed by atoms with E-state index in [0.717, 1.165) is 19.3 Å². The van der Waals surface area contributed by atoms with E-state index in [0.29, 0.717) is 11.2 Å². The molecule has 3 atom stereocenters. The van der Waals surface area contributed by atoms with Crippen LogP contribution in [0.5, 0.6) is 0 Å². The number of hydrogen-bond donors (Lipinski definition) is 2. The van der Waals surface area contributed by atoms with Crippen LogP contribution in [0.25, 0.3) is 0 Å². The Morgan fingerprint density at radius 3 is 2.31 bits per heavy atom. The van der Waals surface area contributed by atoms with Gasteiger partial charge in [-0.25, -0.2) is 0 Å². The van der Waals surface area contributed by atoms with Gasteiger partial charge in [-0.15, -0.1) is 0 Å². The van der Waals surface area contributed by atoms with Gasteiger partial charge < -0.3 is 5.11 Å². The Bertz CT molecular complexity index is 159. The van der Waals surface area contributed by atoms with Crippen LogP contribution in [0.2, 0.25) is 0 Å². The van der Waals surface area contributed by atoms with E-state index in [9.17, 15) is 4.79 Å². The van der Waals surface area contributed by atoms with Crippen molar-refractivity contribution >= 4 is 18.6 Å². The first-order valence-electron chi connectivity index (χ1n) is 4.89. The molecule has 78 valence electrons. The van der Waals surface area contributed by atoms with Gasteiger partial charge in [-0.2, -0.15) is 12.6 Å². The molecular weight excluding hydrogens is 184 g/mol. The van der Waals surface area contributed by atoms with Crippen molar-refractivity contribution in [2.75, 3.05) is 0 Å². The van der Waals surface area contributed by atoms with Gasteiger partial charge in [0.25, 0.3) is 0 Å². The molecule has 0 aliphatic heterocycles. The van der Waals surface area contributed by atoms with Crippen molar-refractivity contribution in [1.82, 2.24) is 0 Å². The Balaban J connectivity index is 3.69. The van der Waals surface area contributed by atoms with Crippen molar-refractivity contribution in [3.63, 3.8) is 0 Å². The first-order valence-corrected chi connectivity index (χ1v) is 5.41. The van der Waals surface area contributed by atoms with E-state index in [1.54, 1.807) is 6.92 Å². The quantitative estimate of drug-likeness (QED) is 0.653. The zero-order valence-corrected chi connectivity index (χ0v) is 9.55. The fourth-order valence-electron chi connectivity index (χ4n) is 1.10. The van der Waals surface area contributed by atoms with Crippen LogP contribution < -0.4 is 0 Å². The first-order chi connectivity index (χ1) is 5.99. The molecule has 0 saturated carbocycles. The molecule has 0 heterocycles. The van der Waals surface area contributed by atoms with Gasteiger partial charge in [0.05, 0.1) is 5.92 Å². The number of carbonyl (C=O) groups is 1. The number of carboxylic acids is 1. The summed E-state index contributed by atoms with van der Waals surface area (Å²) in [6, 6.07) is 0. The summed E-state index contributed by atoms with van der Waals surface area (Å²) in [6.07, 6.45) is 2.73. The molecule has 0 rings (SSSR count). The second kappa shape index (κ2) is 6.30. The number of aliphatic carboxylic acids is 1. The predicted molar refractivity (Wildman–Crippen MR) is 58.3 cm³/mol. The summed E-state index contributed by atoms with van der Waals surface area (Å²) < 4.78 is 0. The van der Waals surface area contributed by atoms with E-state index in [-0.39, 0.29) is 5.92 Å². The maximum Gasteiger partial charge on any atom is 0.306 e. The molecule has 0 aliphatic carbocycles. The van der Waals surface area contributed by atoms with Gasteiger partial charge in [0.1, 0.15) is 0 Å². The summed E-state index contributed by atoms with van der Waals surface area (Å²) in [5, 5.41) is 9.01. The lowest BCUT2D eigenvalue weighted by Crippen LogP contribution is -2.15. The smallest absolute Gasteiger partial charge is 0.306 e. The van der Waals surface area contributed by atoms with Gasteiger partial charge in [0, 0.05) is 5.25 Å². The monoisotopic (exact) mass is 204 g/mol. The average molecular weight is 204 g/mol. The van der Waals surface area contributed by atoms with Crippen molar-refractivity contribution < 1.29 is 9.90 Å². The zero-order chi connectivity index (χ0) is 10.4. The number of thiol groups is 1. The average Bonchev–Trinajstić information content (AvgIpc) is 2.11. The normalized spacial score (nSPS) is 17.8. The number of hydrogen-bond acceptors (Lipinski definition) is 2. The Hall–Kier alpha value is -0.180. The summed E-state index contributed by atoms with van der Waals surface area (Å²) in [5.41, 5.74) is 0. The molecule has 0 amide bonds. The van der Waals surface area contributed by atoms with Gasteiger partial charge >= 0.3 is 5.97 Å². The minimum Gasteiger partial charge on any atom is -0.481 e. The fraction of sp³-hybridized carbons (Fsp3) is 0.900. The maximum absolute atomic E-state index is 10.5. The van der Waals surface area contributed by atoms with Gasteiger partial charge in [-0.3, -0.25) is 4.79 Å². The number of carboxylic acid groups (broad SMARTS) is 1. The standard InChI is InChI=1S/C10H20O2S/c1-4-7(2)9(13)6-5-8(3)10(11)12/h7-9,13H,4-6H2,1-3H3,(H,11,12). The highest BCUT2D eigenvalue weighted by Crippen LogP contribution is 2.20. The van der Waals surface area contributed by atoms with Crippen LogP contribution in [0.3, 0.4) is 0 Å². The Morgan fingerprint density at radius 2 is 1.92 bits per heavy atom. The Labute approximate surface area is 86.1 Å². The number of rotatable bonds is 6. The molecule has 2 nitrogen and oxygen atoms in total. The largest absolute Gasteiger partial charge is 0.481 e. The molecule has 0 fully saturated rings. The molecule has 0 radical (unpaired) electrons. The van der Waals surface area contributed by atoms with E-state index < -0.39 is 5.97 Å². The molecule has 13 heavy (non-hydrogen) atoms. The third-order valence-corrected chi connectivity index (χ3v) is 3.38. The van der Waals surface area contributed by atoms with Crippen molar-refractivity contribution in [2.45, 2.75) is 45.3 Å². The second-order valence-corrected chi connectivity index (χ2v) is 4.43. The van der Waals surface area contributed by atoms with Crippen LogP contribution >= 0.6 is 12.6 Å². The van der Waals surface area contributed by atoms with Crippen LogP contribution in [0.1, 0.15) is 40.0 Å². The van der Waals surface area contributed by atoms with Crippen LogP contribution in [0.4, 0.5) is 0 Å². The first kappa shape index (κ1) is 12.8. The van der Waals surface area contributed by atoms with Crippen LogP contribution in [0, 0.1) is 11.8 Å². The highest BCUT2D eigenvalue weighted by molar-refractivity contribution is 7.81. The summed E-state index contributed by atoms with van der Waals surface area (Å²) >= 11 is 4.46. The summed E-state index contributed by atoms with van der Waals surface area (Å²) in [5.74, 6) is -0.368. The minimum atomic E-state index is -0.704. The second-order valence-electron chi connectivity index (χ2n) is 3.77. The molecule has 3 heteroatoms. The maximum atomic E-state index is 10.5. The third-order valence-electron chi connectivity index (χ3n) is 2.62. The van der Waals surface area contributed by atoms with Gasteiger partial charge in [-0.05, 0) is 18.8 Å². The topological polar surface area (TPSA) is 37.3 Å². The zero-order valence-electron chi connectivity index (χ0n) is 8.66. The van der Waals surface area contributed by atoms with Crippen molar-refractivity contribution in [2.24, 2.45) is 11.8 Å². The van der Waals surface area contributed by atoms with E-state index in [4.69, 9.17) is 5.11 Å². The lowest BCUT2D eigenvalue weighted by Gasteiger charge is -2.18. The molecule has 0 aromatic rings. The van der Waals surface area contributed by atoms with Crippen LogP contribution in [-0.4, -0.2) is 16.3 Å². The highest BCUT2D eigenvalue weighted by Gasteiger charge is 2.15. The SMILES string of the molecule is CCC(C)C(S)CCC(C)C(=O)O. The molecule has 0 aromatic heterocycles. The lowest BCUT2D eigenvalue weighted by atomic mass is 9.96. The molecule has 0 spiro atoms. The predicted octanol–water partition coefficient (Wildman–Crippen LogP) is 2.83. The Kier molecular flexibility index (Phi) is 6.21. The van der Waals surface area contributed by atoms with Crippen LogP contribution in [-0.2, 0) is 4.79 Å². The fourth-order valence-corrected chi connectivity index (χ4v) is 1.46. The molecular formula is C10H20O2S. The minimum absolute atomic E-state index is 0.237. The van der Waals surface area contributed by atoms with E-state index in [2.05, 4.69) is 26.5 Å².